The molecule has 0 aromatic carbocycles. The van der Waals surface area contributed by atoms with Crippen LogP contribution in [0.2, 0.25) is 0 Å². The quantitative estimate of drug-likeness (QED) is 0.577. The fraction of sp³-hybridized carbons (Fsp3) is 0.417. The van der Waals surface area contributed by atoms with Gasteiger partial charge in [0, 0.05) is 24.7 Å². The van der Waals surface area contributed by atoms with E-state index in [9.17, 15) is 18.0 Å². The molecule has 1 heterocycles. The van der Waals surface area contributed by atoms with Crippen molar-refractivity contribution >= 4 is 22.0 Å². The normalized spacial score (nSPS) is 12.8. The third kappa shape index (κ3) is 6.82. The van der Waals surface area contributed by atoms with Gasteiger partial charge in [0.15, 0.2) is 0 Å². The first kappa shape index (κ1) is 17.1. The maximum absolute atomic E-state index is 11.8. The van der Waals surface area contributed by atoms with Crippen LogP contribution in [0.3, 0.4) is 0 Å². The number of aliphatic carboxylic acids is 2. The molecule has 8 nitrogen and oxygen atoms in total. The van der Waals surface area contributed by atoms with E-state index in [4.69, 9.17) is 10.2 Å². The summed E-state index contributed by atoms with van der Waals surface area (Å²) >= 11 is 0. The lowest BCUT2D eigenvalue weighted by molar-refractivity contribution is -0.140. The molecule has 0 aliphatic heterocycles. The smallest absolute Gasteiger partial charge is 0.321 e. The van der Waals surface area contributed by atoms with Gasteiger partial charge in [-0.05, 0) is 18.6 Å². The van der Waals surface area contributed by atoms with Gasteiger partial charge in [-0.1, -0.05) is 6.07 Å². The third-order valence-corrected chi connectivity index (χ3v) is 4.01. The molecule has 1 atom stereocenters. The minimum atomic E-state index is -3.84. The number of sulfonamides is 1. The van der Waals surface area contributed by atoms with Crippen LogP contribution >= 0.6 is 0 Å². The van der Waals surface area contributed by atoms with Crippen molar-refractivity contribution in [2.75, 3.05) is 5.75 Å². The number of rotatable bonds is 9. The van der Waals surface area contributed by atoms with Gasteiger partial charge in [0.2, 0.25) is 10.0 Å². The predicted octanol–water partition coefficient (Wildman–Crippen LogP) is -0.139. The number of hydrogen-bond donors (Lipinski definition) is 3. The first-order valence-corrected chi connectivity index (χ1v) is 7.80. The highest BCUT2D eigenvalue weighted by atomic mass is 32.2. The number of hydrogen-bond acceptors (Lipinski definition) is 5. The summed E-state index contributed by atoms with van der Waals surface area (Å²) < 4.78 is 25.6. The van der Waals surface area contributed by atoms with Crippen LogP contribution in [0.1, 0.15) is 18.5 Å². The van der Waals surface area contributed by atoms with Crippen LogP contribution < -0.4 is 4.72 Å². The van der Waals surface area contributed by atoms with Crippen molar-refractivity contribution in [1.82, 2.24) is 9.71 Å². The van der Waals surface area contributed by atoms with Crippen molar-refractivity contribution in [3.05, 3.63) is 30.1 Å². The van der Waals surface area contributed by atoms with Gasteiger partial charge in [0.25, 0.3) is 0 Å². The molecule has 0 saturated heterocycles. The van der Waals surface area contributed by atoms with E-state index < -0.39 is 34.4 Å². The van der Waals surface area contributed by atoms with Crippen molar-refractivity contribution in [1.29, 1.82) is 0 Å². The molecule has 1 rings (SSSR count). The Morgan fingerprint density at radius 2 is 2.00 bits per heavy atom. The standard InChI is InChI=1S/C12H16N2O6S/c15-11(16)5-4-10(12(17)18)14-21(19,20)8-6-9-3-1-2-7-13-9/h1-3,7,10,14H,4-6,8H2,(H,15,16)(H,17,18)/t10-/m0/s1. The number of aromatic nitrogens is 1. The summed E-state index contributed by atoms with van der Waals surface area (Å²) in [6.45, 7) is 0. The second-order valence-electron chi connectivity index (χ2n) is 4.33. The molecule has 0 saturated carbocycles. The fourth-order valence-corrected chi connectivity index (χ4v) is 2.81. The van der Waals surface area contributed by atoms with Crippen LogP contribution in [0.5, 0.6) is 0 Å². The van der Waals surface area contributed by atoms with E-state index in [1.54, 1.807) is 18.2 Å². The molecular weight excluding hydrogens is 300 g/mol. The first-order chi connectivity index (χ1) is 9.80. The largest absolute Gasteiger partial charge is 0.481 e. The summed E-state index contributed by atoms with van der Waals surface area (Å²) in [5, 5.41) is 17.4. The summed E-state index contributed by atoms with van der Waals surface area (Å²) in [6.07, 6.45) is 0.928. The average Bonchev–Trinajstić information content (AvgIpc) is 2.42. The molecule has 1 aromatic heterocycles. The highest BCUT2D eigenvalue weighted by Crippen LogP contribution is 2.03. The molecule has 0 bridgehead atoms. The summed E-state index contributed by atoms with van der Waals surface area (Å²) in [6, 6.07) is 3.63. The second-order valence-corrected chi connectivity index (χ2v) is 6.20. The maximum atomic E-state index is 11.8. The molecule has 3 N–H and O–H groups in total. The molecular formula is C12H16N2O6S. The zero-order valence-electron chi connectivity index (χ0n) is 11.1. The van der Waals surface area contributed by atoms with E-state index in [2.05, 4.69) is 4.98 Å². The van der Waals surface area contributed by atoms with Gasteiger partial charge in [-0.25, -0.2) is 13.1 Å². The summed E-state index contributed by atoms with van der Waals surface area (Å²) in [7, 11) is -3.84. The molecule has 116 valence electrons. The van der Waals surface area contributed by atoms with Crippen LogP contribution in [-0.2, 0) is 26.0 Å². The molecule has 0 fully saturated rings. The SMILES string of the molecule is O=C(O)CC[C@H](NS(=O)(=O)CCc1ccccn1)C(=O)O. The molecule has 0 amide bonds. The fourth-order valence-electron chi connectivity index (χ4n) is 1.56. The van der Waals surface area contributed by atoms with Gasteiger partial charge in [0.1, 0.15) is 6.04 Å². The summed E-state index contributed by atoms with van der Waals surface area (Å²) in [4.78, 5) is 25.3. The van der Waals surface area contributed by atoms with Crippen molar-refractivity contribution in [2.24, 2.45) is 0 Å². The lowest BCUT2D eigenvalue weighted by Crippen LogP contribution is -2.42. The molecule has 1 aromatic rings. The maximum Gasteiger partial charge on any atom is 0.321 e. The molecule has 0 aliphatic rings. The Balaban J connectivity index is 2.59. The molecule has 0 radical (unpaired) electrons. The highest BCUT2D eigenvalue weighted by Gasteiger charge is 2.24. The monoisotopic (exact) mass is 316 g/mol. The summed E-state index contributed by atoms with van der Waals surface area (Å²) in [5.74, 6) is -2.91. The Hall–Kier alpha value is -2.00. The predicted molar refractivity (Wildman–Crippen MR) is 73.2 cm³/mol. The van der Waals surface area contributed by atoms with Crippen LogP contribution in [0, 0.1) is 0 Å². The lowest BCUT2D eigenvalue weighted by Gasteiger charge is -2.13. The van der Waals surface area contributed by atoms with E-state index in [-0.39, 0.29) is 18.6 Å². The molecule has 0 aliphatic carbocycles. The van der Waals surface area contributed by atoms with Crippen LogP contribution in [0.15, 0.2) is 24.4 Å². The van der Waals surface area contributed by atoms with E-state index in [1.165, 1.54) is 6.20 Å². The van der Waals surface area contributed by atoms with Crippen LogP contribution in [-0.4, -0.2) is 47.3 Å². The number of aryl methyl sites for hydroxylation is 1. The van der Waals surface area contributed by atoms with Crippen molar-refractivity contribution in [3.8, 4) is 0 Å². The van der Waals surface area contributed by atoms with Crippen LogP contribution in [0.4, 0.5) is 0 Å². The Morgan fingerprint density at radius 3 is 2.52 bits per heavy atom. The Kier molecular flexibility index (Phi) is 6.25. The number of carboxylic acids is 2. The second kappa shape index (κ2) is 7.70. The minimum absolute atomic E-state index is 0.140. The lowest BCUT2D eigenvalue weighted by atomic mass is 10.2. The van der Waals surface area contributed by atoms with E-state index in [0.717, 1.165) is 0 Å². The van der Waals surface area contributed by atoms with Gasteiger partial charge in [-0.15, -0.1) is 0 Å². The number of nitrogens with zero attached hydrogens (tertiary/aromatic N) is 1. The molecule has 21 heavy (non-hydrogen) atoms. The van der Waals surface area contributed by atoms with E-state index in [1.807, 2.05) is 4.72 Å². The van der Waals surface area contributed by atoms with Crippen molar-refractivity contribution < 1.29 is 28.2 Å². The minimum Gasteiger partial charge on any atom is -0.481 e. The Labute approximate surface area is 121 Å². The number of pyridine rings is 1. The van der Waals surface area contributed by atoms with Gasteiger partial charge >= 0.3 is 11.9 Å². The molecule has 9 heteroatoms. The van der Waals surface area contributed by atoms with Crippen LogP contribution in [0.25, 0.3) is 0 Å². The zero-order valence-corrected chi connectivity index (χ0v) is 11.9. The Bertz CT molecular complexity index is 587. The summed E-state index contributed by atoms with van der Waals surface area (Å²) in [5.41, 5.74) is 0.570. The highest BCUT2D eigenvalue weighted by molar-refractivity contribution is 7.89. The van der Waals surface area contributed by atoms with Gasteiger partial charge in [0.05, 0.1) is 5.75 Å². The van der Waals surface area contributed by atoms with Crippen molar-refractivity contribution in [2.45, 2.75) is 25.3 Å². The van der Waals surface area contributed by atoms with E-state index >= 15 is 0 Å². The zero-order chi connectivity index (χ0) is 15.9. The van der Waals surface area contributed by atoms with E-state index in [0.29, 0.717) is 5.69 Å². The van der Waals surface area contributed by atoms with Gasteiger partial charge in [-0.3, -0.25) is 14.6 Å². The number of carboxylic acid groups (broad SMARTS) is 2. The Morgan fingerprint density at radius 1 is 1.29 bits per heavy atom. The number of carbonyl (C=O) groups is 2. The topological polar surface area (TPSA) is 134 Å². The number of nitrogens with one attached hydrogen (secondary N) is 1. The molecule has 0 unspecified atom stereocenters. The average molecular weight is 316 g/mol. The van der Waals surface area contributed by atoms with Gasteiger partial charge in [-0.2, -0.15) is 0 Å². The van der Waals surface area contributed by atoms with Crippen molar-refractivity contribution in [3.63, 3.8) is 0 Å². The first-order valence-electron chi connectivity index (χ1n) is 6.14. The molecule has 0 spiro atoms. The van der Waals surface area contributed by atoms with Gasteiger partial charge < -0.3 is 10.2 Å². The third-order valence-electron chi connectivity index (χ3n) is 2.62.